The van der Waals surface area contributed by atoms with Gasteiger partial charge < -0.3 is 39.7 Å². The topological polar surface area (TPSA) is 178 Å². The van der Waals surface area contributed by atoms with Crippen LogP contribution in [-0.4, -0.2) is 98.6 Å². The van der Waals surface area contributed by atoms with Gasteiger partial charge in [-0.1, -0.05) is 64.1 Å². The van der Waals surface area contributed by atoms with E-state index in [1.165, 1.54) is 54.9 Å². The maximum absolute atomic E-state index is 13.8. The Morgan fingerprint density at radius 2 is 1.25 bits per heavy atom. The van der Waals surface area contributed by atoms with Crippen molar-refractivity contribution >= 4 is 17.9 Å². The van der Waals surface area contributed by atoms with Crippen molar-refractivity contribution in [3.05, 3.63) is 71.6 Å². The maximum Gasteiger partial charge on any atom is 0.407 e. The van der Waals surface area contributed by atoms with Crippen LogP contribution in [0.3, 0.4) is 0 Å². The zero-order valence-corrected chi connectivity index (χ0v) is 35.0. The van der Waals surface area contributed by atoms with E-state index in [-0.39, 0.29) is 35.7 Å². The lowest BCUT2D eigenvalue weighted by atomic mass is 9.82. The highest BCUT2D eigenvalue weighted by molar-refractivity contribution is 5.87. The number of carbonyl (C=O) groups excluding carboxylic acids is 3. The second-order valence-corrected chi connectivity index (χ2v) is 17.3. The summed E-state index contributed by atoms with van der Waals surface area (Å²) in [6.45, 7) is 8.99. The highest BCUT2D eigenvalue weighted by Crippen LogP contribution is 2.58. The molecule has 0 radical (unpaired) electrons. The molecule has 2 saturated heterocycles. The first-order chi connectivity index (χ1) is 28.5. The number of fused-ring (bicyclic) bond motifs is 5. The van der Waals surface area contributed by atoms with Gasteiger partial charge in [-0.15, -0.1) is 0 Å². The summed E-state index contributed by atoms with van der Waals surface area (Å²) in [7, 11) is 2.70. The van der Waals surface area contributed by atoms with E-state index in [9.17, 15) is 19.5 Å². The molecule has 5 N–H and O–H groups in total. The average molecular weight is 807 g/mol. The third kappa shape index (κ3) is 7.78. The number of carbonyl (C=O) groups is 3. The molecule has 2 aromatic carbocycles. The number of rotatable bonds is 13. The van der Waals surface area contributed by atoms with Crippen molar-refractivity contribution in [2.75, 3.05) is 27.3 Å². The molecule has 59 heavy (non-hydrogen) atoms. The van der Waals surface area contributed by atoms with Crippen LogP contribution in [0.5, 0.6) is 0 Å². The Kier molecular flexibility index (Phi) is 11.7. The number of alkyl carbamates (subject to hydrolysis) is 1. The molecule has 7 atom stereocenters. The molecule has 1 saturated carbocycles. The first kappa shape index (κ1) is 40.7. The molecule has 2 bridgehead atoms. The van der Waals surface area contributed by atoms with Gasteiger partial charge in [0.25, 0.3) is 0 Å². The van der Waals surface area contributed by atoms with Gasteiger partial charge in [0.2, 0.25) is 18.2 Å². The van der Waals surface area contributed by atoms with Gasteiger partial charge in [0, 0.05) is 25.8 Å². The molecule has 2 aliphatic carbocycles. The van der Waals surface area contributed by atoms with E-state index in [1.54, 1.807) is 0 Å². The van der Waals surface area contributed by atoms with Crippen LogP contribution < -0.4 is 10.6 Å². The summed E-state index contributed by atoms with van der Waals surface area (Å²) in [5.41, 5.74) is 9.38. The summed E-state index contributed by atoms with van der Waals surface area (Å²) >= 11 is 0. The number of methoxy groups -OCH3 is 2. The number of hydrogen-bond donors (Lipinski definition) is 5. The fraction of sp³-hybridized carbons (Fsp3) is 0.533. The number of likely N-dealkylation sites (tertiary alicyclic amines) is 2. The molecule has 14 nitrogen and oxygen atoms in total. The monoisotopic (exact) mass is 806 g/mol. The van der Waals surface area contributed by atoms with E-state index in [0.29, 0.717) is 24.9 Å². The third-order valence-corrected chi connectivity index (χ3v) is 13.1. The minimum absolute atomic E-state index is 0.0405. The molecule has 4 heterocycles. The lowest BCUT2D eigenvalue weighted by molar-refractivity contribution is -0.145. The van der Waals surface area contributed by atoms with Crippen LogP contribution >= 0.6 is 0 Å². The molecule has 314 valence electrons. The van der Waals surface area contributed by atoms with Gasteiger partial charge in [-0.25, -0.2) is 14.8 Å². The van der Waals surface area contributed by atoms with Crippen LogP contribution in [0.25, 0.3) is 33.6 Å². The number of H-pyrrole nitrogens is 2. The molecule has 4 aromatic rings. The molecule has 2 aromatic heterocycles. The van der Waals surface area contributed by atoms with Crippen molar-refractivity contribution in [1.29, 1.82) is 0 Å². The highest BCUT2D eigenvalue weighted by atomic mass is 16.6. The number of amides is 3. The SMILES string of the molecule is COC(=O)NC(C(=O)N1CCC[C@H]1c1ncc(-c2ccc(-c3ccc(-c4cnc([C@@H]5CCCN5C(=O)[C@@H](NC(O)OC)C(C)C)[nH]4)c4c3C3CCC4C3)cc2)[nH]1)C(C)C. The minimum atomic E-state index is -1.22. The van der Waals surface area contributed by atoms with Gasteiger partial charge in [-0.2, -0.15) is 0 Å². The fourth-order valence-corrected chi connectivity index (χ4v) is 10.1. The summed E-state index contributed by atoms with van der Waals surface area (Å²) in [6.07, 6.45) is 8.82. The molecule has 2 aliphatic heterocycles. The fourth-order valence-electron chi connectivity index (χ4n) is 10.1. The summed E-state index contributed by atoms with van der Waals surface area (Å²) in [6, 6.07) is 11.5. The van der Waals surface area contributed by atoms with Crippen molar-refractivity contribution in [2.45, 2.75) is 115 Å². The predicted molar refractivity (Wildman–Crippen MR) is 223 cm³/mol. The first-order valence-corrected chi connectivity index (χ1v) is 21.3. The van der Waals surface area contributed by atoms with Crippen molar-refractivity contribution in [2.24, 2.45) is 11.8 Å². The smallest absolute Gasteiger partial charge is 0.407 e. The Balaban J connectivity index is 1.01. The second kappa shape index (κ2) is 16.9. The number of nitrogens with zero attached hydrogens (tertiary/aromatic N) is 4. The Morgan fingerprint density at radius 1 is 0.729 bits per heavy atom. The van der Waals surface area contributed by atoms with E-state index in [2.05, 4.69) is 57.0 Å². The maximum atomic E-state index is 13.8. The largest absolute Gasteiger partial charge is 0.453 e. The van der Waals surface area contributed by atoms with Crippen molar-refractivity contribution in [3.8, 4) is 33.6 Å². The number of imidazole rings is 2. The zero-order valence-electron chi connectivity index (χ0n) is 35.0. The van der Waals surface area contributed by atoms with E-state index >= 15 is 0 Å². The number of aromatic amines is 2. The van der Waals surface area contributed by atoms with Crippen LogP contribution in [0.2, 0.25) is 0 Å². The van der Waals surface area contributed by atoms with Gasteiger partial charge in [-0.05, 0) is 96.4 Å². The van der Waals surface area contributed by atoms with Crippen molar-refractivity contribution in [3.63, 3.8) is 0 Å². The molecule has 4 unspecified atom stereocenters. The van der Waals surface area contributed by atoms with Crippen molar-refractivity contribution in [1.82, 2.24) is 40.4 Å². The third-order valence-electron chi connectivity index (χ3n) is 13.1. The minimum Gasteiger partial charge on any atom is -0.453 e. The molecule has 3 amide bonds. The van der Waals surface area contributed by atoms with E-state index in [1.807, 2.05) is 49.9 Å². The summed E-state index contributed by atoms with van der Waals surface area (Å²) in [5.74, 6) is 2.23. The number of aliphatic hydroxyl groups excluding tert-OH is 1. The van der Waals surface area contributed by atoms with E-state index in [4.69, 9.17) is 19.4 Å². The van der Waals surface area contributed by atoms with Crippen LogP contribution in [0.15, 0.2) is 48.8 Å². The lowest BCUT2D eigenvalue weighted by Gasteiger charge is -2.31. The number of nitrogens with one attached hydrogen (secondary N) is 4. The Labute approximate surface area is 345 Å². The average Bonchev–Trinajstić information content (AvgIpc) is 4.10. The van der Waals surface area contributed by atoms with Gasteiger partial charge in [-0.3, -0.25) is 14.9 Å². The number of hydrogen-bond acceptors (Lipinski definition) is 9. The zero-order chi connectivity index (χ0) is 41.5. The first-order valence-electron chi connectivity index (χ1n) is 21.3. The van der Waals surface area contributed by atoms with E-state index < -0.39 is 24.6 Å². The van der Waals surface area contributed by atoms with Crippen LogP contribution in [0.4, 0.5) is 4.79 Å². The summed E-state index contributed by atoms with van der Waals surface area (Å²) in [5, 5.41) is 15.8. The van der Waals surface area contributed by atoms with Crippen LogP contribution in [0, 0.1) is 11.8 Å². The second-order valence-electron chi connectivity index (χ2n) is 17.3. The Morgan fingerprint density at radius 3 is 1.83 bits per heavy atom. The Hall–Kier alpha value is -5.05. The molecule has 4 aliphatic rings. The van der Waals surface area contributed by atoms with E-state index in [0.717, 1.165) is 60.7 Å². The van der Waals surface area contributed by atoms with Gasteiger partial charge >= 0.3 is 6.09 Å². The molecule has 8 rings (SSSR count). The van der Waals surface area contributed by atoms with Gasteiger partial charge in [0.15, 0.2) is 0 Å². The predicted octanol–water partition coefficient (Wildman–Crippen LogP) is 6.74. The molecule has 14 heteroatoms. The standard InChI is InChI=1S/C45H58N8O6/c1-24(2)38(50-44(56)58-5)42(54)52-19-7-9-34(52)40-46-22-32(48-40)27-13-11-26(12-14-27)30-17-18-31(37-29-16-15-28(21-29)36(30)37)33-23-47-41(49-33)35-10-8-20-53(35)43(55)39(25(3)4)51-45(57)59-6/h11-14,17-18,22-25,28-29,34-35,38-39,45,51,57H,7-10,15-16,19-21H2,1-6H3,(H,46,48)(H,47,49)(H,50,56)/t28?,29?,34-,35-,38?,39-,45?/m0/s1. The molecular weight excluding hydrogens is 749 g/mol. The number of ether oxygens (including phenoxy) is 2. The summed E-state index contributed by atoms with van der Waals surface area (Å²) < 4.78 is 9.79. The molecule has 3 fully saturated rings. The highest BCUT2D eigenvalue weighted by Gasteiger charge is 2.42. The van der Waals surface area contributed by atoms with Crippen LogP contribution in [-0.2, 0) is 19.1 Å². The Bertz CT molecular complexity index is 2160. The molecule has 0 spiro atoms. The quantitative estimate of drug-likeness (QED) is 0.0916. The number of benzene rings is 2. The van der Waals surface area contributed by atoms with Crippen LogP contribution in [0.1, 0.15) is 119 Å². The van der Waals surface area contributed by atoms with Gasteiger partial charge in [0.05, 0.1) is 49.0 Å². The van der Waals surface area contributed by atoms with Gasteiger partial charge in [0.1, 0.15) is 17.7 Å². The number of aromatic nitrogens is 4. The van der Waals surface area contributed by atoms with Crippen molar-refractivity contribution < 1.29 is 29.0 Å². The number of aliphatic hydroxyl groups is 1. The lowest BCUT2D eigenvalue weighted by Crippen LogP contribution is -2.52. The summed E-state index contributed by atoms with van der Waals surface area (Å²) in [4.78, 5) is 60.0. The normalized spacial score (nSPS) is 22.6. The molecular formula is C45H58N8O6.